The molecule has 0 atom stereocenters. The quantitative estimate of drug-likeness (QED) is 0.795. The van der Waals surface area contributed by atoms with Crippen LogP contribution in [0, 0.1) is 6.92 Å². The number of nitrogens with one attached hydrogen (secondary N) is 3. The minimum absolute atomic E-state index is 0.255. The van der Waals surface area contributed by atoms with E-state index in [2.05, 4.69) is 21.0 Å². The van der Waals surface area contributed by atoms with Crippen molar-refractivity contribution in [3.8, 4) is 0 Å². The summed E-state index contributed by atoms with van der Waals surface area (Å²) in [4.78, 5) is 24.5. The van der Waals surface area contributed by atoms with E-state index in [0.29, 0.717) is 16.9 Å². The van der Waals surface area contributed by atoms with Gasteiger partial charge in [-0.1, -0.05) is 6.07 Å². The Hall–Kier alpha value is -2.83. The maximum atomic E-state index is 12.4. The van der Waals surface area contributed by atoms with Gasteiger partial charge in [-0.15, -0.1) is 0 Å². The molecule has 0 aliphatic heterocycles. The number of rotatable bonds is 4. The maximum Gasteiger partial charge on any atom is 0.319 e. The van der Waals surface area contributed by atoms with Crippen molar-refractivity contribution in [3.05, 3.63) is 41.7 Å². The summed E-state index contributed by atoms with van der Waals surface area (Å²) in [6.45, 7) is 10.3. The second-order valence-corrected chi connectivity index (χ2v) is 6.90. The molecule has 1 aromatic heterocycles. The Morgan fingerprint density at radius 3 is 2.52 bits per heavy atom. The molecule has 2 aromatic rings. The number of carbonyl (C=O) groups excluding carboxylic acids is 2. The molecule has 0 saturated heterocycles. The van der Waals surface area contributed by atoms with Gasteiger partial charge in [-0.3, -0.25) is 9.48 Å². The summed E-state index contributed by atoms with van der Waals surface area (Å²) in [5.41, 5.74) is 2.22. The average molecular weight is 343 g/mol. The third-order valence-corrected chi connectivity index (χ3v) is 3.45. The molecule has 3 N–H and O–H groups in total. The van der Waals surface area contributed by atoms with Gasteiger partial charge in [0.15, 0.2) is 0 Å². The summed E-state index contributed by atoms with van der Waals surface area (Å²) in [6, 6.07) is 4.88. The van der Waals surface area contributed by atoms with Crippen molar-refractivity contribution in [2.24, 2.45) is 0 Å². The van der Waals surface area contributed by atoms with Crippen LogP contribution in [0.4, 0.5) is 16.2 Å². The van der Waals surface area contributed by atoms with Gasteiger partial charge >= 0.3 is 6.03 Å². The van der Waals surface area contributed by atoms with Gasteiger partial charge in [0, 0.05) is 29.5 Å². The van der Waals surface area contributed by atoms with Gasteiger partial charge in [0.1, 0.15) is 0 Å². The van der Waals surface area contributed by atoms with Crippen molar-refractivity contribution < 1.29 is 9.59 Å². The van der Waals surface area contributed by atoms with Crippen LogP contribution in [0.25, 0.3) is 0 Å². The fraction of sp³-hybridized carbons (Fsp3) is 0.389. The largest absolute Gasteiger partial charge is 0.333 e. The molecule has 0 fully saturated rings. The van der Waals surface area contributed by atoms with Crippen molar-refractivity contribution in [1.82, 2.24) is 15.1 Å². The standard InChI is InChI=1S/C18H25N5O2/c1-6-23-11-14(10-19-23)20-16(24)13-8-7-12(2)15(9-13)21-17(25)22-18(3,4)5/h7-11H,6H2,1-5H3,(H,20,24)(H2,21,22,25). The second-order valence-electron chi connectivity index (χ2n) is 6.90. The molecular formula is C18H25N5O2. The maximum absolute atomic E-state index is 12.4. The van der Waals surface area contributed by atoms with E-state index in [0.717, 1.165) is 12.1 Å². The first-order valence-electron chi connectivity index (χ1n) is 8.21. The normalized spacial score (nSPS) is 11.1. The Bertz CT molecular complexity index is 774. The lowest BCUT2D eigenvalue weighted by Gasteiger charge is -2.21. The smallest absolute Gasteiger partial charge is 0.319 e. The third-order valence-electron chi connectivity index (χ3n) is 3.45. The Morgan fingerprint density at radius 1 is 1.20 bits per heavy atom. The average Bonchev–Trinajstić information content (AvgIpc) is 2.95. The number of aryl methyl sites for hydroxylation is 2. The third kappa shape index (κ3) is 5.34. The topological polar surface area (TPSA) is 88.0 Å². The number of aromatic nitrogens is 2. The Morgan fingerprint density at radius 2 is 1.92 bits per heavy atom. The summed E-state index contributed by atoms with van der Waals surface area (Å²) in [6.07, 6.45) is 3.37. The summed E-state index contributed by atoms with van der Waals surface area (Å²) >= 11 is 0. The van der Waals surface area contributed by atoms with Crippen molar-refractivity contribution in [2.75, 3.05) is 10.6 Å². The number of amides is 3. The Balaban J connectivity index is 2.11. The van der Waals surface area contributed by atoms with Gasteiger partial charge in [0.05, 0.1) is 11.9 Å². The number of hydrogen-bond donors (Lipinski definition) is 3. The monoisotopic (exact) mass is 343 g/mol. The number of benzene rings is 1. The number of anilines is 2. The fourth-order valence-electron chi connectivity index (χ4n) is 2.20. The molecule has 134 valence electrons. The zero-order chi connectivity index (χ0) is 18.6. The van der Waals surface area contributed by atoms with E-state index in [1.54, 1.807) is 35.3 Å². The molecule has 0 aliphatic rings. The minimum Gasteiger partial charge on any atom is -0.333 e. The highest BCUT2D eigenvalue weighted by atomic mass is 16.2. The molecule has 0 aliphatic carbocycles. The second kappa shape index (κ2) is 7.38. The lowest BCUT2D eigenvalue weighted by Crippen LogP contribution is -2.43. The predicted octanol–water partition coefficient (Wildman–Crippen LogP) is 3.38. The van der Waals surface area contributed by atoms with E-state index in [1.807, 2.05) is 34.6 Å². The van der Waals surface area contributed by atoms with Crippen LogP contribution in [0.1, 0.15) is 43.6 Å². The van der Waals surface area contributed by atoms with Gasteiger partial charge in [-0.25, -0.2) is 4.79 Å². The van der Waals surface area contributed by atoms with Crippen LogP contribution in [0.3, 0.4) is 0 Å². The molecule has 7 heteroatoms. The van der Waals surface area contributed by atoms with E-state index in [-0.39, 0.29) is 17.5 Å². The molecule has 0 spiro atoms. The Labute approximate surface area is 147 Å². The van der Waals surface area contributed by atoms with Crippen molar-refractivity contribution in [3.63, 3.8) is 0 Å². The van der Waals surface area contributed by atoms with Gasteiger partial charge in [0.25, 0.3) is 5.91 Å². The van der Waals surface area contributed by atoms with Gasteiger partial charge in [0.2, 0.25) is 0 Å². The highest BCUT2D eigenvalue weighted by Gasteiger charge is 2.15. The van der Waals surface area contributed by atoms with Crippen molar-refractivity contribution >= 4 is 23.3 Å². The first-order chi connectivity index (χ1) is 11.7. The van der Waals surface area contributed by atoms with Crippen LogP contribution in [0.5, 0.6) is 0 Å². The summed E-state index contributed by atoms with van der Waals surface area (Å²) in [5.74, 6) is -0.255. The van der Waals surface area contributed by atoms with E-state index < -0.39 is 0 Å². The zero-order valence-electron chi connectivity index (χ0n) is 15.3. The number of urea groups is 1. The Kier molecular flexibility index (Phi) is 5.46. The highest BCUT2D eigenvalue weighted by molar-refractivity contribution is 6.05. The molecular weight excluding hydrogens is 318 g/mol. The molecule has 0 unspecified atom stereocenters. The van der Waals surface area contributed by atoms with Gasteiger partial charge in [-0.05, 0) is 52.3 Å². The molecule has 2 rings (SSSR count). The summed E-state index contributed by atoms with van der Waals surface area (Å²) in [5, 5.41) is 12.5. The number of nitrogens with zero attached hydrogens (tertiary/aromatic N) is 2. The molecule has 25 heavy (non-hydrogen) atoms. The minimum atomic E-state index is -0.341. The molecule has 0 radical (unpaired) electrons. The number of hydrogen-bond acceptors (Lipinski definition) is 3. The van der Waals surface area contributed by atoms with E-state index in [9.17, 15) is 9.59 Å². The summed E-state index contributed by atoms with van der Waals surface area (Å²) < 4.78 is 1.73. The van der Waals surface area contributed by atoms with Crippen LogP contribution in [-0.4, -0.2) is 27.3 Å². The van der Waals surface area contributed by atoms with E-state index >= 15 is 0 Å². The summed E-state index contributed by atoms with van der Waals surface area (Å²) in [7, 11) is 0. The van der Waals surface area contributed by atoms with Crippen LogP contribution in [0.15, 0.2) is 30.6 Å². The first-order valence-corrected chi connectivity index (χ1v) is 8.21. The van der Waals surface area contributed by atoms with Crippen LogP contribution >= 0.6 is 0 Å². The van der Waals surface area contributed by atoms with Gasteiger partial charge < -0.3 is 16.0 Å². The molecule has 0 saturated carbocycles. The van der Waals surface area contributed by atoms with E-state index in [4.69, 9.17) is 0 Å². The first kappa shape index (κ1) is 18.5. The molecule has 7 nitrogen and oxygen atoms in total. The number of carbonyl (C=O) groups is 2. The zero-order valence-corrected chi connectivity index (χ0v) is 15.3. The lowest BCUT2D eigenvalue weighted by atomic mass is 10.1. The highest BCUT2D eigenvalue weighted by Crippen LogP contribution is 2.18. The molecule has 1 heterocycles. The van der Waals surface area contributed by atoms with Crippen molar-refractivity contribution in [2.45, 2.75) is 46.7 Å². The molecule has 1 aromatic carbocycles. The van der Waals surface area contributed by atoms with Crippen LogP contribution in [0.2, 0.25) is 0 Å². The SMILES string of the molecule is CCn1cc(NC(=O)c2ccc(C)c(NC(=O)NC(C)(C)C)c2)cn1. The molecule has 0 bridgehead atoms. The lowest BCUT2D eigenvalue weighted by molar-refractivity contribution is 0.102. The molecule has 3 amide bonds. The van der Waals surface area contributed by atoms with E-state index in [1.165, 1.54) is 0 Å². The predicted molar refractivity (Wildman–Crippen MR) is 98.9 cm³/mol. The van der Waals surface area contributed by atoms with Crippen molar-refractivity contribution in [1.29, 1.82) is 0 Å². The van der Waals surface area contributed by atoms with Gasteiger partial charge in [-0.2, -0.15) is 5.10 Å². The van der Waals surface area contributed by atoms with Crippen LogP contribution < -0.4 is 16.0 Å². The van der Waals surface area contributed by atoms with Crippen LogP contribution in [-0.2, 0) is 6.54 Å². The fourth-order valence-corrected chi connectivity index (χ4v) is 2.20.